The van der Waals surface area contributed by atoms with Crippen LogP contribution >= 0.6 is 0 Å². The van der Waals surface area contributed by atoms with E-state index in [1.54, 1.807) is 24.3 Å². The van der Waals surface area contributed by atoms with Crippen molar-refractivity contribution < 1.29 is 34.1 Å². The van der Waals surface area contributed by atoms with Crippen molar-refractivity contribution in [1.29, 1.82) is 0 Å². The van der Waals surface area contributed by atoms with Crippen molar-refractivity contribution in [2.75, 3.05) is 32.1 Å². The van der Waals surface area contributed by atoms with E-state index < -0.39 is 35.8 Å². The first-order valence-corrected chi connectivity index (χ1v) is 9.85. The largest absolute Gasteiger partial charge is 0.497 e. The van der Waals surface area contributed by atoms with E-state index in [2.05, 4.69) is 5.32 Å². The zero-order chi connectivity index (χ0) is 23.0. The van der Waals surface area contributed by atoms with Crippen molar-refractivity contribution in [1.82, 2.24) is 10.2 Å². The average molecular weight is 433 g/mol. The zero-order valence-electron chi connectivity index (χ0n) is 17.5. The summed E-state index contributed by atoms with van der Waals surface area (Å²) in [5, 5.41) is 21.6. The molecule has 2 rings (SSSR count). The number of aliphatic hydroxyl groups excluding tert-OH is 1. The zero-order valence-corrected chi connectivity index (χ0v) is 17.5. The van der Waals surface area contributed by atoms with Gasteiger partial charge in [-0.25, -0.2) is 0 Å². The van der Waals surface area contributed by atoms with Crippen LogP contribution in [0.15, 0.2) is 35.7 Å². The van der Waals surface area contributed by atoms with Crippen molar-refractivity contribution in [3.05, 3.63) is 35.7 Å². The number of aliphatic carboxylic acids is 1. The fourth-order valence-electron chi connectivity index (χ4n) is 2.94. The predicted molar refractivity (Wildman–Crippen MR) is 111 cm³/mol. The average Bonchev–Trinajstić information content (AvgIpc) is 3.59. The van der Waals surface area contributed by atoms with E-state index in [9.17, 15) is 24.3 Å². The van der Waals surface area contributed by atoms with Crippen LogP contribution in [-0.4, -0.2) is 66.6 Å². The van der Waals surface area contributed by atoms with Gasteiger partial charge in [-0.1, -0.05) is 12.8 Å². The second-order valence-electron chi connectivity index (χ2n) is 7.22. The van der Waals surface area contributed by atoms with Gasteiger partial charge in [0.05, 0.1) is 7.11 Å². The lowest BCUT2D eigenvalue weighted by Gasteiger charge is -2.23. The predicted octanol–water partition coefficient (Wildman–Crippen LogP) is 1.28. The van der Waals surface area contributed by atoms with E-state index in [1.165, 1.54) is 19.1 Å². The van der Waals surface area contributed by atoms with Gasteiger partial charge in [-0.15, -0.1) is 0 Å². The summed E-state index contributed by atoms with van der Waals surface area (Å²) in [5.41, 5.74) is -0.292. The third-order valence-corrected chi connectivity index (χ3v) is 4.94. The first kappa shape index (κ1) is 23.7. The summed E-state index contributed by atoms with van der Waals surface area (Å²) in [6.07, 6.45) is 4.00. The summed E-state index contributed by atoms with van der Waals surface area (Å²) in [4.78, 5) is 49.9. The third-order valence-electron chi connectivity index (χ3n) is 4.94. The topological polar surface area (TPSA) is 136 Å². The molecule has 0 heterocycles. The number of nitrogens with zero attached hydrogens (tertiary/aromatic N) is 2. The number of carbonyl (C=O) groups is 4. The Morgan fingerprint density at radius 3 is 2.35 bits per heavy atom. The third kappa shape index (κ3) is 6.73. The molecule has 10 nitrogen and oxygen atoms in total. The number of aliphatic hydroxyl groups is 1. The number of carboxylic acids is 1. The molecule has 0 saturated heterocycles. The monoisotopic (exact) mass is 433 g/mol. The van der Waals surface area contributed by atoms with E-state index in [0.29, 0.717) is 30.2 Å². The van der Waals surface area contributed by atoms with Gasteiger partial charge in [-0.05, 0) is 43.0 Å². The highest BCUT2D eigenvalue weighted by atomic mass is 16.5. The Hall–Kier alpha value is -3.56. The lowest BCUT2D eigenvalue weighted by Crippen LogP contribution is -2.41. The quantitative estimate of drug-likeness (QED) is 0.147. The molecule has 1 aromatic carbocycles. The van der Waals surface area contributed by atoms with E-state index in [-0.39, 0.29) is 6.54 Å². The normalized spacial score (nSPS) is 13.6. The van der Waals surface area contributed by atoms with Crippen LogP contribution < -0.4 is 15.0 Å². The van der Waals surface area contributed by atoms with Crippen molar-refractivity contribution in [2.24, 2.45) is 5.92 Å². The molecule has 1 fully saturated rings. The van der Waals surface area contributed by atoms with Crippen molar-refractivity contribution in [3.63, 3.8) is 0 Å². The van der Waals surface area contributed by atoms with Gasteiger partial charge in [0.2, 0.25) is 12.3 Å². The minimum Gasteiger partial charge on any atom is -0.497 e. The molecular weight excluding hydrogens is 406 g/mol. The van der Waals surface area contributed by atoms with Gasteiger partial charge < -0.3 is 25.2 Å². The highest BCUT2D eigenvalue weighted by Gasteiger charge is 2.31. The number of carboxylic acid groups (broad SMARTS) is 1. The van der Waals surface area contributed by atoms with Crippen LogP contribution in [0.25, 0.3) is 0 Å². The first-order chi connectivity index (χ1) is 14.8. The van der Waals surface area contributed by atoms with Gasteiger partial charge in [0.25, 0.3) is 11.8 Å². The molecule has 1 aromatic rings. The molecule has 31 heavy (non-hydrogen) atoms. The van der Waals surface area contributed by atoms with Crippen molar-refractivity contribution in [3.8, 4) is 5.75 Å². The summed E-state index contributed by atoms with van der Waals surface area (Å²) >= 11 is 0. The lowest BCUT2D eigenvalue weighted by atomic mass is 10.1. The minimum atomic E-state index is -1.32. The fourth-order valence-corrected chi connectivity index (χ4v) is 2.94. The van der Waals surface area contributed by atoms with Gasteiger partial charge in [-0.2, -0.15) is 0 Å². The molecule has 10 heteroatoms. The standard InChI is InChI=1S/C21H27N3O7/c1-23(15-7-9-16(31-2)10-8-15)20(29)18(19(28)22-12-17(26)27)21(30)24(13-25)11-3-4-14-5-6-14/h7-10,13-14,29H,3-6,11-12H2,1-2H3,(H,22,28)(H,26,27)/b20-18+. The van der Waals surface area contributed by atoms with Crippen molar-refractivity contribution in [2.45, 2.75) is 25.7 Å². The number of methoxy groups -OCH3 is 1. The maximum atomic E-state index is 13.0. The summed E-state index contributed by atoms with van der Waals surface area (Å²) in [7, 11) is 2.92. The molecule has 1 aliphatic rings. The molecule has 1 saturated carbocycles. The first-order valence-electron chi connectivity index (χ1n) is 9.85. The van der Waals surface area contributed by atoms with E-state index in [1.807, 2.05) is 0 Å². The van der Waals surface area contributed by atoms with E-state index >= 15 is 0 Å². The Morgan fingerprint density at radius 2 is 1.84 bits per heavy atom. The molecule has 0 unspecified atom stereocenters. The van der Waals surface area contributed by atoms with Crippen LogP contribution in [0.2, 0.25) is 0 Å². The van der Waals surface area contributed by atoms with Crippen LogP contribution in [0.1, 0.15) is 25.7 Å². The maximum Gasteiger partial charge on any atom is 0.322 e. The van der Waals surface area contributed by atoms with Crippen LogP contribution in [0.3, 0.4) is 0 Å². The molecule has 0 bridgehead atoms. The van der Waals surface area contributed by atoms with Gasteiger partial charge in [0, 0.05) is 19.3 Å². The number of imide groups is 1. The second-order valence-corrected chi connectivity index (χ2v) is 7.22. The number of amides is 3. The number of rotatable bonds is 12. The number of hydrogen-bond acceptors (Lipinski definition) is 7. The molecule has 1 aliphatic carbocycles. The van der Waals surface area contributed by atoms with Crippen LogP contribution in [-0.2, 0) is 19.2 Å². The van der Waals surface area contributed by atoms with Gasteiger partial charge >= 0.3 is 5.97 Å². The summed E-state index contributed by atoms with van der Waals surface area (Å²) in [6, 6.07) is 6.44. The summed E-state index contributed by atoms with van der Waals surface area (Å²) < 4.78 is 5.08. The van der Waals surface area contributed by atoms with Gasteiger partial charge in [-0.3, -0.25) is 24.1 Å². The Kier molecular flexibility index (Phi) is 8.42. The number of benzene rings is 1. The highest BCUT2D eigenvalue weighted by Crippen LogP contribution is 2.33. The number of anilines is 1. The molecule has 0 atom stereocenters. The summed E-state index contributed by atoms with van der Waals surface area (Å²) in [6.45, 7) is -0.661. The lowest BCUT2D eigenvalue weighted by molar-refractivity contribution is -0.139. The fraction of sp³-hybridized carbons (Fsp3) is 0.429. The Labute approximate surface area is 180 Å². The van der Waals surface area contributed by atoms with E-state index in [4.69, 9.17) is 9.84 Å². The molecule has 0 aliphatic heterocycles. The minimum absolute atomic E-state index is 0.0913. The van der Waals surface area contributed by atoms with Crippen LogP contribution in [0, 0.1) is 5.92 Å². The molecular formula is C21H27N3O7. The Morgan fingerprint density at radius 1 is 1.19 bits per heavy atom. The van der Waals surface area contributed by atoms with Crippen molar-refractivity contribution >= 4 is 29.9 Å². The molecule has 0 aromatic heterocycles. The molecule has 0 spiro atoms. The number of nitrogens with one attached hydrogen (secondary N) is 1. The van der Waals surface area contributed by atoms with E-state index in [0.717, 1.165) is 24.2 Å². The molecule has 168 valence electrons. The van der Waals surface area contributed by atoms with Gasteiger partial charge in [0.1, 0.15) is 12.3 Å². The Bertz CT molecular complexity index is 847. The number of ether oxygens (including phenoxy) is 1. The second kappa shape index (κ2) is 11.0. The Balaban J connectivity index is 2.30. The van der Waals surface area contributed by atoms with Crippen LogP contribution in [0.5, 0.6) is 5.75 Å². The molecule has 3 amide bonds. The van der Waals surface area contributed by atoms with Gasteiger partial charge in [0.15, 0.2) is 5.57 Å². The molecule has 3 N–H and O–H groups in total. The summed E-state index contributed by atoms with van der Waals surface area (Å²) in [5.74, 6) is -2.97. The highest BCUT2D eigenvalue weighted by molar-refractivity contribution is 6.21. The molecule has 0 radical (unpaired) electrons. The van der Waals surface area contributed by atoms with Crippen LogP contribution in [0.4, 0.5) is 5.69 Å². The number of carbonyl (C=O) groups excluding carboxylic acids is 3. The number of hydrogen-bond donors (Lipinski definition) is 3. The SMILES string of the molecule is COc1ccc(N(C)/C(O)=C(/C(=O)NCC(=O)O)C(=O)N(C=O)CCCC2CC2)cc1. The maximum absolute atomic E-state index is 13.0. The smallest absolute Gasteiger partial charge is 0.322 e.